The lowest BCUT2D eigenvalue weighted by atomic mass is 10.0. The van der Waals surface area contributed by atoms with E-state index in [1.807, 2.05) is 0 Å². The summed E-state index contributed by atoms with van der Waals surface area (Å²) in [7, 11) is 0. The van der Waals surface area contributed by atoms with Crippen LogP contribution in [0.2, 0.25) is 0 Å². The van der Waals surface area contributed by atoms with Crippen LogP contribution in [0.25, 0.3) is 0 Å². The van der Waals surface area contributed by atoms with E-state index in [0.717, 1.165) is 12.1 Å². The van der Waals surface area contributed by atoms with Gasteiger partial charge in [0, 0.05) is 0 Å². The Hall–Kier alpha value is -1.40. The van der Waals surface area contributed by atoms with Crippen molar-refractivity contribution in [3.8, 4) is 0 Å². The van der Waals surface area contributed by atoms with Crippen molar-refractivity contribution >= 4 is 23.1 Å². The molecule has 0 spiro atoms. The molecule has 0 amide bonds. The SMILES string of the molecule is FC(F)(F)c1cccc(N=C=S)c1C(F)(F)F. The van der Waals surface area contributed by atoms with E-state index in [9.17, 15) is 26.3 Å². The summed E-state index contributed by atoms with van der Waals surface area (Å²) in [6, 6.07) is 1.95. The van der Waals surface area contributed by atoms with Crippen LogP contribution in [-0.4, -0.2) is 5.16 Å². The van der Waals surface area contributed by atoms with Crippen LogP contribution in [-0.2, 0) is 12.4 Å². The smallest absolute Gasteiger partial charge is 0.194 e. The quantitative estimate of drug-likeness (QED) is 0.417. The minimum absolute atomic E-state index is 0.339. The van der Waals surface area contributed by atoms with Crippen molar-refractivity contribution in [1.82, 2.24) is 0 Å². The van der Waals surface area contributed by atoms with Crippen molar-refractivity contribution in [2.75, 3.05) is 0 Å². The van der Waals surface area contributed by atoms with Crippen LogP contribution in [0.1, 0.15) is 11.1 Å². The maximum atomic E-state index is 12.5. The number of alkyl halides is 6. The molecule has 1 nitrogen and oxygen atoms in total. The summed E-state index contributed by atoms with van der Waals surface area (Å²) in [5.41, 5.74) is -4.55. The minimum atomic E-state index is -5.17. The first-order valence-corrected chi connectivity index (χ1v) is 4.44. The van der Waals surface area contributed by atoms with Gasteiger partial charge in [0.2, 0.25) is 0 Å². The van der Waals surface area contributed by atoms with E-state index in [0.29, 0.717) is 6.07 Å². The summed E-state index contributed by atoms with van der Waals surface area (Å²) in [6.07, 6.45) is -10.3. The number of benzene rings is 1. The second-order valence-electron chi connectivity index (χ2n) is 2.90. The highest BCUT2D eigenvalue weighted by Gasteiger charge is 2.44. The second-order valence-corrected chi connectivity index (χ2v) is 3.08. The lowest BCUT2D eigenvalue weighted by Gasteiger charge is -2.16. The molecule has 17 heavy (non-hydrogen) atoms. The van der Waals surface area contributed by atoms with E-state index in [4.69, 9.17) is 0 Å². The molecule has 0 aliphatic carbocycles. The van der Waals surface area contributed by atoms with Crippen LogP contribution in [0.3, 0.4) is 0 Å². The van der Waals surface area contributed by atoms with Crippen molar-refractivity contribution in [1.29, 1.82) is 0 Å². The summed E-state index contributed by atoms with van der Waals surface area (Å²) in [5, 5.41) is 1.62. The van der Waals surface area contributed by atoms with Crippen molar-refractivity contribution < 1.29 is 26.3 Å². The summed E-state index contributed by atoms with van der Waals surface area (Å²) in [4.78, 5) is 2.99. The van der Waals surface area contributed by atoms with E-state index in [1.54, 1.807) is 5.16 Å². The molecule has 0 unspecified atom stereocenters. The van der Waals surface area contributed by atoms with Gasteiger partial charge in [0.1, 0.15) is 0 Å². The van der Waals surface area contributed by atoms with Gasteiger partial charge in [-0.1, -0.05) is 6.07 Å². The highest BCUT2D eigenvalue weighted by atomic mass is 32.1. The zero-order valence-corrected chi connectivity index (χ0v) is 8.67. The van der Waals surface area contributed by atoms with Crippen LogP contribution in [0.4, 0.5) is 32.0 Å². The molecular weight excluding hydrogens is 268 g/mol. The maximum Gasteiger partial charge on any atom is 0.419 e. The average molecular weight is 271 g/mol. The van der Waals surface area contributed by atoms with E-state index >= 15 is 0 Å². The summed E-state index contributed by atoms with van der Waals surface area (Å²) >= 11 is 4.09. The lowest BCUT2D eigenvalue weighted by Crippen LogP contribution is -2.16. The summed E-state index contributed by atoms with van der Waals surface area (Å²) < 4.78 is 74.9. The second kappa shape index (κ2) is 4.46. The monoisotopic (exact) mass is 271 g/mol. The van der Waals surface area contributed by atoms with Gasteiger partial charge in [-0.3, -0.25) is 0 Å². The Balaban J connectivity index is 3.63. The molecule has 8 heteroatoms. The Kier molecular flexibility index (Phi) is 3.59. The van der Waals surface area contributed by atoms with Crippen LogP contribution in [0.5, 0.6) is 0 Å². The Morgan fingerprint density at radius 1 is 1.00 bits per heavy atom. The molecule has 0 atom stereocenters. The first kappa shape index (κ1) is 13.7. The molecule has 0 saturated carbocycles. The molecule has 0 bridgehead atoms. The van der Waals surface area contributed by atoms with Crippen molar-refractivity contribution in [3.05, 3.63) is 29.3 Å². The molecule has 0 N–H and O–H groups in total. The highest BCUT2D eigenvalue weighted by molar-refractivity contribution is 7.78. The third-order valence-electron chi connectivity index (χ3n) is 1.80. The number of isothiocyanates is 1. The minimum Gasteiger partial charge on any atom is -0.194 e. The topological polar surface area (TPSA) is 12.4 Å². The van der Waals surface area contributed by atoms with E-state index < -0.39 is 29.2 Å². The molecule has 92 valence electrons. The number of thiocarbonyl (C=S) groups is 1. The van der Waals surface area contributed by atoms with E-state index in [-0.39, 0.29) is 0 Å². The first-order chi connectivity index (χ1) is 7.68. The predicted octanol–water partition coefficient (Wildman–Crippen LogP) is 4.46. The number of halogens is 6. The number of hydrogen-bond acceptors (Lipinski definition) is 2. The molecule has 0 fully saturated rings. The summed E-state index contributed by atoms with van der Waals surface area (Å²) in [5.74, 6) is 0. The highest BCUT2D eigenvalue weighted by Crippen LogP contribution is 2.44. The van der Waals surface area contributed by atoms with Crippen LogP contribution >= 0.6 is 12.2 Å². The standard InChI is InChI=1S/C9H3F6NS/c10-8(11,12)5-2-1-3-6(16-4-17)7(5)9(13,14)15/h1-3H. The van der Waals surface area contributed by atoms with Gasteiger partial charge in [-0.2, -0.15) is 31.3 Å². The Bertz CT molecular complexity index is 469. The average Bonchev–Trinajstić information content (AvgIpc) is 2.14. The molecule has 0 saturated heterocycles. The zero-order chi connectivity index (χ0) is 13.3. The number of hydrogen-bond donors (Lipinski definition) is 0. The molecule has 1 aromatic carbocycles. The fraction of sp³-hybridized carbons (Fsp3) is 0.222. The molecule has 0 aromatic heterocycles. The number of aliphatic imine (C=N–C) groups is 1. The predicted molar refractivity (Wildman–Crippen MR) is 51.1 cm³/mol. The van der Waals surface area contributed by atoms with Crippen LogP contribution in [0.15, 0.2) is 23.2 Å². The first-order valence-electron chi connectivity index (χ1n) is 4.03. The molecule has 0 radical (unpaired) electrons. The van der Waals surface area contributed by atoms with Gasteiger partial charge >= 0.3 is 12.4 Å². The molecular formula is C9H3F6NS. The Labute approximate surface area is 96.8 Å². The molecule has 0 aliphatic rings. The zero-order valence-electron chi connectivity index (χ0n) is 7.86. The fourth-order valence-electron chi connectivity index (χ4n) is 1.22. The van der Waals surface area contributed by atoms with E-state index in [1.165, 1.54) is 0 Å². The van der Waals surface area contributed by atoms with Gasteiger partial charge in [-0.05, 0) is 24.4 Å². The fourth-order valence-corrected chi connectivity index (χ4v) is 1.31. The third kappa shape index (κ3) is 3.04. The van der Waals surface area contributed by atoms with Gasteiger partial charge in [0.05, 0.1) is 22.0 Å². The maximum absolute atomic E-state index is 12.5. The number of rotatable bonds is 1. The van der Waals surface area contributed by atoms with Gasteiger partial charge < -0.3 is 0 Å². The number of nitrogens with zero attached hydrogens (tertiary/aromatic N) is 1. The van der Waals surface area contributed by atoms with Gasteiger partial charge in [-0.15, -0.1) is 0 Å². The van der Waals surface area contributed by atoms with Gasteiger partial charge in [0.25, 0.3) is 0 Å². The Morgan fingerprint density at radius 3 is 2.00 bits per heavy atom. The molecule has 1 aromatic rings. The normalized spacial score (nSPS) is 12.1. The van der Waals surface area contributed by atoms with E-state index in [2.05, 4.69) is 17.2 Å². The summed E-state index contributed by atoms with van der Waals surface area (Å²) in [6.45, 7) is 0. The third-order valence-corrected chi connectivity index (χ3v) is 1.89. The van der Waals surface area contributed by atoms with Crippen LogP contribution in [0, 0.1) is 0 Å². The van der Waals surface area contributed by atoms with Crippen molar-refractivity contribution in [2.24, 2.45) is 4.99 Å². The van der Waals surface area contributed by atoms with Crippen molar-refractivity contribution in [3.63, 3.8) is 0 Å². The lowest BCUT2D eigenvalue weighted by molar-refractivity contribution is -0.161. The molecule has 0 aliphatic heterocycles. The van der Waals surface area contributed by atoms with Crippen molar-refractivity contribution in [2.45, 2.75) is 12.4 Å². The molecule has 1 rings (SSSR count). The van der Waals surface area contributed by atoms with Gasteiger partial charge in [-0.25, -0.2) is 0 Å². The van der Waals surface area contributed by atoms with Gasteiger partial charge in [0.15, 0.2) is 0 Å². The molecule has 0 heterocycles. The largest absolute Gasteiger partial charge is 0.419 e. The Morgan fingerprint density at radius 2 is 1.59 bits per heavy atom. The van der Waals surface area contributed by atoms with Crippen LogP contribution < -0.4 is 0 Å².